The van der Waals surface area contributed by atoms with Gasteiger partial charge in [-0.1, -0.05) is 18.2 Å². The molecule has 0 spiro atoms. The van der Waals surface area contributed by atoms with E-state index in [2.05, 4.69) is 10.3 Å². The molecule has 6 nitrogen and oxygen atoms in total. The number of nitrogens with one attached hydrogen (secondary N) is 1. The molecule has 0 radical (unpaired) electrons. The van der Waals surface area contributed by atoms with Gasteiger partial charge in [0.15, 0.2) is 0 Å². The zero-order chi connectivity index (χ0) is 16.2. The lowest BCUT2D eigenvalue weighted by atomic mass is 10.1. The highest BCUT2D eigenvalue weighted by Gasteiger charge is 2.40. The van der Waals surface area contributed by atoms with E-state index in [1.807, 2.05) is 36.4 Å². The van der Waals surface area contributed by atoms with Crippen LogP contribution in [-0.4, -0.2) is 34.9 Å². The first-order valence-electron chi connectivity index (χ1n) is 7.54. The molecule has 1 saturated carbocycles. The van der Waals surface area contributed by atoms with Crippen molar-refractivity contribution in [1.82, 2.24) is 15.4 Å². The van der Waals surface area contributed by atoms with Gasteiger partial charge >= 0.3 is 6.03 Å². The second-order valence-corrected chi connectivity index (χ2v) is 5.58. The summed E-state index contributed by atoms with van der Waals surface area (Å²) in [5, 5.41) is 12.8. The summed E-state index contributed by atoms with van der Waals surface area (Å²) in [6, 6.07) is 12.9. The average molecular weight is 313 g/mol. The van der Waals surface area contributed by atoms with E-state index in [4.69, 9.17) is 4.74 Å². The van der Waals surface area contributed by atoms with Crippen molar-refractivity contribution in [2.75, 3.05) is 13.6 Å². The number of carbonyl (C=O) groups is 1. The molecule has 1 aromatic carbocycles. The van der Waals surface area contributed by atoms with E-state index in [-0.39, 0.29) is 5.92 Å². The van der Waals surface area contributed by atoms with Gasteiger partial charge in [0.2, 0.25) is 5.88 Å². The Hall–Kier alpha value is -2.60. The van der Waals surface area contributed by atoms with Crippen molar-refractivity contribution in [3.8, 4) is 11.6 Å². The van der Waals surface area contributed by atoms with E-state index in [0.717, 1.165) is 22.8 Å². The van der Waals surface area contributed by atoms with Gasteiger partial charge in [-0.2, -0.15) is 0 Å². The fourth-order valence-electron chi connectivity index (χ4n) is 2.63. The molecule has 1 heterocycles. The van der Waals surface area contributed by atoms with Gasteiger partial charge < -0.3 is 10.1 Å². The number of hydrogen-bond acceptors (Lipinski definition) is 4. The molecule has 23 heavy (non-hydrogen) atoms. The van der Waals surface area contributed by atoms with Gasteiger partial charge in [-0.15, -0.1) is 0 Å². The zero-order valence-electron chi connectivity index (χ0n) is 12.8. The summed E-state index contributed by atoms with van der Waals surface area (Å²) in [5.41, 5.74) is 1.15. The number of rotatable bonds is 5. The SMILES string of the molecule is CNC(=O)N(O)CC1CC1c1cccc(Oc2ccccn2)c1. The number of amides is 2. The first-order valence-corrected chi connectivity index (χ1v) is 7.54. The molecule has 1 aliphatic rings. The second kappa shape index (κ2) is 6.66. The van der Waals surface area contributed by atoms with Crippen LogP contribution in [0.15, 0.2) is 48.7 Å². The monoisotopic (exact) mass is 313 g/mol. The number of ether oxygens (including phenoxy) is 1. The second-order valence-electron chi connectivity index (χ2n) is 5.58. The van der Waals surface area contributed by atoms with E-state index in [9.17, 15) is 10.0 Å². The number of benzene rings is 1. The summed E-state index contributed by atoms with van der Waals surface area (Å²) in [5.74, 6) is 1.89. The molecule has 0 aliphatic heterocycles. The molecule has 2 amide bonds. The Morgan fingerprint density at radius 1 is 1.39 bits per heavy atom. The lowest BCUT2D eigenvalue weighted by molar-refractivity contribution is -0.0462. The molecular weight excluding hydrogens is 294 g/mol. The lowest BCUT2D eigenvalue weighted by Gasteiger charge is -2.14. The van der Waals surface area contributed by atoms with Crippen molar-refractivity contribution in [1.29, 1.82) is 0 Å². The maximum Gasteiger partial charge on any atom is 0.340 e. The number of hydroxylamine groups is 2. The molecule has 2 aromatic rings. The first-order chi connectivity index (χ1) is 11.2. The summed E-state index contributed by atoms with van der Waals surface area (Å²) in [7, 11) is 1.49. The van der Waals surface area contributed by atoms with Gasteiger partial charge in [-0.3, -0.25) is 5.21 Å². The van der Waals surface area contributed by atoms with Crippen molar-refractivity contribution >= 4 is 6.03 Å². The number of aromatic nitrogens is 1. The molecule has 1 aliphatic carbocycles. The fourth-order valence-corrected chi connectivity index (χ4v) is 2.63. The standard InChI is InChI=1S/C17H19N3O3/c1-18-17(21)20(22)11-13-10-15(13)12-5-4-6-14(9-12)23-16-7-2-3-8-19-16/h2-9,13,15,22H,10-11H2,1H3,(H,18,21). The van der Waals surface area contributed by atoms with Crippen LogP contribution in [0.3, 0.4) is 0 Å². The number of carbonyl (C=O) groups excluding carboxylic acids is 1. The molecule has 2 N–H and O–H groups in total. The van der Waals surface area contributed by atoms with Gasteiger partial charge in [0.05, 0.1) is 6.54 Å². The van der Waals surface area contributed by atoms with Gasteiger partial charge in [0, 0.05) is 19.3 Å². The minimum absolute atomic E-state index is 0.266. The van der Waals surface area contributed by atoms with Crippen molar-refractivity contribution < 1.29 is 14.7 Å². The summed E-state index contributed by atoms with van der Waals surface area (Å²) in [4.78, 5) is 15.5. The van der Waals surface area contributed by atoms with Crippen molar-refractivity contribution in [3.63, 3.8) is 0 Å². The summed E-state index contributed by atoms with van der Waals surface area (Å²) < 4.78 is 5.73. The zero-order valence-corrected chi connectivity index (χ0v) is 12.8. The van der Waals surface area contributed by atoms with Crippen molar-refractivity contribution in [3.05, 3.63) is 54.2 Å². The highest BCUT2D eigenvalue weighted by Crippen LogP contribution is 2.48. The largest absolute Gasteiger partial charge is 0.439 e. The summed E-state index contributed by atoms with van der Waals surface area (Å²) in [6.07, 6.45) is 2.63. The van der Waals surface area contributed by atoms with Crippen LogP contribution in [0.25, 0.3) is 0 Å². The van der Waals surface area contributed by atoms with Crippen LogP contribution < -0.4 is 10.1 Å². The van der Waals surface area contributed by atoms with Gasteiger partial charge in [-0.25, -0.2) is 14.8 Å². The predicted octanol–water partition coefficient (Wildman–Crippen LogP) is 3.01. The molecule has 2 atom stereocenters. The smallest absolute Gasteiger partial charge is 0.340 e. The van der Waals surface area contributed by atoms with Crippen LogP contribution in [0, 0.1) is 5.92 Å². The Balaban J connectivity index is 1.62. The molecular formula is C17H19N3O3. The van der Waals surface area contributed by atoms with E-state index >= 15 is 0 Å². The van der Waals surface area contributed by atoms with Crippen LogP contribution in [0.1, 0.15) is 17.9 Å². The fraction of sp³-hybridized carbons (Fsp3) is 0.294. The molecule has 120 valence electrons. The van der Waals surface area contributed by atoms with E-state index in [1.54, 1.807) is 12.3 Å². The normalized spacial score (nSPS) is 19.0. The van der Waals surface area contributed by atoms with Crippen LogP contribution in [-0.2, 0) is 0 Å². The van der Waals surface area contributed by atoms with Crippen LogP contribution in [0.2, 0.25) is 0 Å². The number of urea groups is 1. The number of pyridine rings is 1. The van der Waals surface area contributed by atoms with Crippen molar-refractivity contribution in [2.24, 2.45) is 5.92 Å². The molecule has 0 saturated heterocycles. The van der Waals surface area contributed by atoms with Crippen molar-refractivity contribution in [2.45, 2.75) is 12.3 Å². The van der Waals surface area contributed by atoms with Crippen LogP contribution in [0.5, 0.6) is 11.6 Å². The Morgan fingerprint density at radius 2 is 2.26 bits per heavy atom. The molecule has 0 bridgehead atoms. The Morgan fingerprint density at radius 3 is 3.00 bits per heavy atom. The van der Waals surface area contributed by atoms with E-state index in [0.29, 0.717) is 18.3 Å². The molecule has 6 heteroatoms. The Labute approximate surface area is 134 Å². The van der Waals surface area contributed by atoms with Crippen LogP contribution in [0.4, 0.5) is 4.79 Å². The maximum atomic E-state index is 11.3. The first kappa shape index (κ1) is 15.3. The van der Waals surface area contributed by atoms with E-state index in [1.165, 1.54) is 7.05 Å². The number of nitrogens with zero attached hydrogens (tertiary/aromatic N) is 2. The Bertz CT molecular complexity index is 678. The lowest BCUT2D eigenvalue weighted by Crippen LogP contribution is -2.36. The predicted molar refractivity (Wildman–Crippen MR) is 84.5 cm³/mol. The third-order valence-electron chi connectivity index (χ3n) is 3.92. The Kier molecular flexibility index (Phi) is 4.43. The number of hydrogen-bond donors (Lipinski definition) is 2. The summed E-state index contributed by atoms with van der Waals surface area (Å²) >= 11 is 0. The van der Waals surface area contributed by atoms with Gasteiger partial charge in [-0.05, 0) is 42.0 Å². The van der Waals surface area contributed by atoms with Gasteiger partial charge in [0.1, 0.15) is 5.75 Å². The van der Waals surface area contributed by atoms with E-state index < -0.39 is 6.03 Å². The van der Waals surface area contributed by atoms with Crippen LogP contribution >= 0.6 is 0 Å². The van der Waals surface area contributed by atoms with Gasteiger partial charge in [0.25, 0.3) is 0 Å². The highest BCUT2D eigenvalue weighted by molar-refractivity contribution is 5.72. The average Bonchev–Trinajstić information content (AvgIpc) is 3.34. The topological polar surface area (TPSA) is 74.7 Å². The summed E-state index contributed by atoms with van der Waals surface area (Å²) in [6.45, 7) is 0.329. The molecule has 1 aromatic heterocycles. The minimum atomic E-state index is -0.483. The third kappa shape index (κ3) is 3.78. The molecule has 1 fully saturated rings. The quantitative estimate of drug-likeness (QED) is 0.657. The highest BCUT2D eigenvalue weighted by atomic mass is 16.5. The minimum Gasteiger partial charge on any atom is -0.439 e. The third-order valence-corrected chi connectivity index (χ3v) is 3.92. The molecule has 2 unspecified atom stereocenters. The molecule has 3 rings (SSSR count). The maximum absolute atomic E-state index is 11.3.